The average molecular weight is 399 g/mol. The smallest absolute Gasteiger partial charge is 0.126 e. The van der Waals surface area contributed by atoms with Gasteiger partial charge in [0.1, 0.15) is 24.7 Å². The first-order valence-corrected chi connectivity index (χ1v) is 10.7. The van der Waals surface area contributed by atoms with Crippen molar-refractivity contribution >= 4 is 0 Å². The highest BCUT2D eigenvalue weighted by Crippen LogP contribution is 2.39. The van der Waals surface area contributed by atoms with Crippen molar-refractivity contribution in [3.8, 4) is 11.5 Å². The molecule has 3 heteroatoms. The molecule has 1 saturated heterocycles. The van der Waals surface area contributed by atoms with Crippen molar-refractivity contribution in [3.63, 3.8) is 0 Å². The molecule has 0 radical (unpaired) electrons. The summed E-state index contributed by atoms with van der Waals surface area (Å²) in [6.07, 6.45) is 9.92. The van der Waals surface area contributed by atoms with Gasteiger partial charge in [-0.1, -0.05) is 28.9 Å². The summed E-state index contributed by atoms with van der Waals surface area (Å²) >= 11 is 0. The molecule has 1 aromatic carbocycles. The van der Waals surface area contributed by atoms with Crippen molar-refractivity contribution in [1.82, 2.24) is 0 Å². The van der Waals surface area contributed by atoms with Crippen LogP contribution < -0.4 is 9.47 Å². The van der Waals surface area contributed by atoms with E-state index in [4.69, 9.17) is 14.2 Å². The molecule has 0 N–H and O–H groups in total. The molecule has 0 bridgehead atoms. The molecule has 1 fully saturated rings. The summed E-state index contributed by atoms with van der Waals surface area (Å²) in [5.74, 6) is 1.74. The van der Waals surface area contributed by atoms with Gasteiger partial charge in [-0.15, -0.1) is 0 Å². The first-order chi connectivity index (χ1) is 13.7. The number of hydrogen-bond acceptors (Lipinski definition) is 3. The fourth-order valence-electron chi connectivity index (χ4n) is 3.01. The molecule has 2 rings (SSSR count). The predicted octanol–water partition coefficient (Wildman–Crippen LogP) is 6.82. The third kappa shape index (κ3) is 8.49. The lowest BCUT2D eigenvalue weighted by atomic mass is 10.0. The van der Waals surface area contributed by atoms with Gasteiger partial charge in [0.25, 0.3) is 0 Å². The van der Waals surface area contributed by atoms with E-state index in [0.717, 1.165) is 30.8 Å². The van der Waals surface area contributed by atoms with Crippen LogP contribution in [0.2, 0.25) is 0 Å². The van der Waals surface area contributed by atoms with Crippen molar-refractivity contribution in [1.29, 1.82) is 0 Å². The molecular weight excluding hydrogens is 360 g/mol. The maximum absolute atomic E-state index is 6.06. The molecule has 1 aliphatic heterocycles. The fourth-order valence-corrected chi connectivity index (χ4v) is 3.01. The second-order valence-electron chi connectivity index (χ2n) is 8.96. The molecule has 1 aliphatic rings. The van der Waals surface area contributed by atoms with Crippen molar-refractivity contribution in [2.45, 2.75) is 79.4 Å². The third-order valence-electron chi connectivity index (χ3n) is 5.15. The zero-order valence-electron chi connectivity index (χ0n) is 19.3. The van der Waals surface area contributed by atoms with Crippen LogP contribution in [0.5, 0.6) is 11.5 Å². The first-order valence-electron chi connectivity index (χ1n) is 10.7. The molecule has 160 valence electrons. The van der Waals surface area contributed by atoms with Crippen LogP contribution >= 0.6 is 0 Å². The summed E-state index contributed by atoms with van der Waals surface area (Å²) < 4.78 is 17.6. The molecule has 3 nitrogen and oxygen atoms in total. The van der Waals surface area contributed by atoms with Gasteiger partial charge in [0.15, 0.2) is 0 Å². The van der Waals surface area contributed by atoms with Crippen molar-refractivity contribution in [2.24, 2.45) is 0 Å². The van der Waals surface area contributed by atoms with Gasteiger partial charge in [0.05, 0.1) is 11.7 Å². The van der Waals surface area contributed by atoms with E-state index in [2.05, 4.69) is 72.8 Å². The van der Waals surface area contributed by atoms with Crippen molar-refractivity contribution < 1.29 is 14.2 Å². The minimum atomic E-state index is 0.0769. The molecular formula is C26H38O3. The van der Waals surface area contributed by atoms with Gasteiger partial charge in [-0.3, -0.25) is 0 Å². The third-order valence-corrected chi connectivity index (χ3v) is 5.15. The highest BCUT2D eigenvalue weighted by molar-refractivity contribution is 5.42. The Bertz CT molecular complexity index is 760. The van der Waals surface area contributed by atoms with Gasteiger partial charge in [0, 0.05) is 6.07 Å². The lowest BCUT2D eigenvalue weighted by Gasteiger charge is -2.12. The predicted molar refractivity (Wildman–Crippen MR) is 122 cm³/mol. The number of hydrogen-bond donors (Lipinski definition) is 0. The molecule has 0 amide bonds. The van der Waals surface area contributed by atoms with E-state index in [9.17, 15) is 0 Å². The maximum Gasteiger partial charge on any atom is 0.126 e. The van der Waals surface area contributed by atoms with E-state index >= 15 is 0 Å². The van der Waals surface area contributed by atoms with Crippen LogP contribution in [0.15, 0.2) is 53.1 Å². The van der Waals surface area contributed by atoms with E-state index in [1.54, 1.807) is 0 Å². The lowest BCUT2D eigenvalue weighted by molar-refractivity contribution is 0.320. The van der Waals surface area contributed by atoms with Gasteiger partial charge in [0.2, 0.25) is 0 Å². The maximum atomic E-state index is 6.06. The monoisotopic (exact) mass is 398 g/mol. The molecule has 0 saturated carbocycles. The number of allylic oxidation sites excluding steroid dienone is 4. The molecule has 0 aliphatic carbocycles. The van der Waals surface area contributed by atoms with Crippen molar-refractivity contribution in [2.75, 3.05) is 13.2 Å². The fraction of sp³-hybridized carbons (Fsp3) is 0.538. The Morgan fingerprint density at radius 2 is 1.59 bits per heavy atom. The average Bonchev–Trinajstić information content (AvgIpc) is 3.25. The summed E-state index contributed by atoms with van der Waals surface area (Å²) in [5.41, 5.74) is 5.17. The first kappa shape index (κ1) is 23.3. The van der Waals surface area contributed by atoms with Crippen LogP contribution in [-0.4, -0.2) is 24.9 Å². The molecule has 29 heavy (non-hydrogen) atoms. The van der Waals surface area contributed by atoms with Gasteiger partial charge < -0.3 is 14.2 Å². The van der Waals surface area contributed by atoms with Crippen LogP contribution in [-0.2, 0) is 11.2 Å². The van der Waals surface area contributed by atoms with E-state index in [1.807, 2.05) is 12.1 Å². The van der Waals surface area contributed by atoms with Crippen molar-refractivity contribution in [3.05, 3.63) is 58.7 Å². The summed E-state index contributed by atoms with van der Waals surface area (Å²) in [6.45, 7) is 16.0. The summed E-state index contributed by atoms with van der Waals surface area (Å²) in [6, 6.07) is 6.16. The van der Waals surface area contributed by atoms with Gasteiger partial charge in [-0.2, -0.15) is 0 Å². The van der Waals surface area contributed by atoms with Crippen LogP contribution in [0.1, 0.15) is 66.9 Å². The molecule has 1 atom stereocenters. The Kier molecular flexibility index (Phi) is 8.58. The number of benzene rings is 1. The van der Waals surface area contributed by atoms with Crippen LogP contribution in [0.4, 0.5) is 0 Å². The summed E-state index contributed by atoms with van der Waals surface area (Å²) in [5, 5.41) is 0. The van der Waals surface area contributed by atoms with Crippen LogP contribution in [0, 0.1) is 0 Å². The summed E-state index contributed by atoms with van der Waals surface area (Å²) in [7, 11) is 0. The Labute approximate surface area is 177 Å². The molecule has 0 unspecified atom stereocenters. The zero-order chi connectivity index (χ0) is 21.4. The van der Waals surface area contributed by atoms with Gasteiger partial charge in [-0.25, -0.2) is 0 Å². The Morgan fingerprint density at radius 3 is 2.17 bits per heavy atom. The number of epoxide rings is 1. The largest absolute Gasteiger partial charge is 0.489 e. The van der Waals surface area contributed by atoms with E-state index < -0.39 is 0 Å². The van der Waals surface area contributed by atoms with Crippen LogP contribution in [0.25, 0.3) is 0 Å². The minimum Gasteiger partial charge on any atom is -0.489 e. The lowest BCUT2D eigenvalue weighted by Crippen LogP contribution is -2.02. The highest BCUT2D eigenvalue weighted by atomic mass is 16.6. The second kappa shape index (κ2) is 10.7. The standard InChI is InChI=1S/C26H38O3/c1-19(2)14-16-27-23-12-11-22(24(18-23)28-17-15-20(3)4)10-8-21(5)9-13-25-26(6,7)29-25/h8,11-12,14-15,18,25H,9-10,13,16-17H2,1-7H3/b21-8+/t25-/m0/s1. The van der Waals surface area contributed by atoms with E-state index in [1.165, 1.54) is 22.3 Å². The quantitative estimate of drug-likeness (QED) is 0.302. The Morgan fingerprint density at radius 1 is 0.966 bits per heavy atom. The van der Waals surface area contributed by atoms with Crippen LogP contribution in [0.3, 0.4) is 0 Å². The zero-order valence-corrected chi connectivity index (χ0v) is 19.3. The van der Waals surface area contributed by atoms with Gasteiger partial charge >= 0.3 is 0 Å². The molecule has 1 aromatic rings. The van der Waals surface area contributed by atoms with E-state index in [0.29, 0.717) is 19.3 Å². The normalized spacial score (nSPS) is 17.5. The van der Waals surface area contributed by atoms with Gasteiger partial charge in [-0.05, 0) is 91.5 Å². The highest BCUT2D eigenvalue weighted by Gasteiger charge is 2.46. The Balaban J connectivity index is 2.01. The topological polar surface area (TPSA) is 31.0 Å². The Hall–Kier alpha value is -2.00. The SMILES string of the molecule is CC(C)=CCOc1ccc(C/C=C(\C)CC[C@@H]2OC2(C)C)c(OCC=C(C)C)c1. The summed E-state index contributed by atoms with van der Waals surface area (Å²) in [4.78, 5) is 0. The second-order valence-corrected chi connectivity index (χ2v) is 8.96. The molecule has 1 heterocycles. The minimum absolute atomic E-state index is 0.0769. The number of rotatable bonds is 11. The number of ether oxygens (including phenoxy) is 3. The molecule has 0 spiro atoms. The van der Waals surface area contributed by atoms with E-state index in [-0.39, 0.29) is 5.60 Å². The molecule has 0 aromatic heterocycles.